The van der Waals surface area contributed by atoms with Crippen molar-refractivity contribution in [3.63, 3.8) is 0 Å². The average molecular weight is 227 g/mol. The van der Waals surface area contributed by atoms with Gasteiger partial charge in [-0.2, -0.15) is 0 Å². The van der Waals surface area contributed by atoms with Gasteiger partial charge in [0.2, 0.25) is 0 Å². The van der Waals surface area contributed by atoms with E-state index < -0.39 is 0 Å². The Kier molecular flexibility index (Phi) is 5.30. The van der Waals surface area contributed by atoms with Crippen LogP contribution in [0.5, 0.6) is 0 Å². The summed E-state index contributed by atoms with van der Waals surface area (Å²) in [6.07, 6.45) is 4.79. The van der Waals surface area contributed by atoms with Gasteiger partial charge in [0.05, 0.1) is 32.0 Å². The zero-order valence-corrected chi connectivity index (χ0v) is 9.21. The van der Waals surface area contributed by atoms with E-state index >= 15 is 0 Å². The molecule has 1 unspecified atom stereocenters. The minimum Gasteiger partial charge on any atom is -0.403 e. The second-order valence-electron chi connectivity index (χ2n) is 3.22. The molecule has 0 spiro atoms. The van der Waals surface area contributed by atoms with Gasteiger partial charge in [-0.1, -0.05) is 5.21 Å². The smallest absolute Gasteiger partial charge is 0.102 e. The quantitative estimate of drug-likeness (QED) is 0.551. The topological polar surface area (TPSA) is 98.2 Å². The number of hydrogen-bond acceptors (Lipinski definition) is 6. The molecule has 1 aromatic heterocycles. The molecule has 0 aliphatic rings. The van der Waals surface area contributed by atoms with Gasteiger partial charge >= 0.3 is 0 Å². The SMILES string of the molecule is COCC(CO)n1cc(CN/C=C\N)nn1. The molecular weight excluding hydrogens is 210 g/mol. The van der Waals surface area contributed by atoms with E-state index in [0.29, 0.717) is 13.2 Å². The normalized spacial score (nSPS) is 13.1. The lowest BCUT2D eigenvalue weighted by atomic mass is 10.3. The molecule has 7 heteroatoms. The van der Waals surface area contributed by atoms with Crippen molar-refractivity contribution in [2.45, 2.75) is 12.6 Å². The lowest BCUT2D eigenvalue weighted by Crippen LogP contribution is -2.19. The first kappa shape index (κ1) is 12.5. The molecule has 0 aliphatic carbocycles. The molecule has 4 N–H and O–H groups in total. The predicted octanol–water partition coefficient (Wildman–Crippen LogP) is -1.02. The molecule has 0 aromatic carbocycles. The Labute approximate surface area is 93.9 Å². The van der Waals surface area contributed by atoms with Crippen LogP contribution in [0.2, 0.25) is 0 Å². The number of aromatic nitrogens is 3. The highest BCUT2D eigenvalue weighted by molar-refractivity contribution is 4.94. The van der Waals surface area contributed by atoms with Crippen molar-refractivity contribution in [2.75, 3.05) is 20.3 Å². The summed E-state index contributed by atoms with van der Waals surface area (Å²) >= 11 is 0. The van der Waals surface area contributed by atoms with Gasteiger partial charge in [-0.05, 0) is 0 Å². The molecule has 1 heterocycles. The Hall–Kier alpha value is -1.60. The molecule has 0 radical (unpaired) electrons. The van der Waals surface area contributed by atoms with Crippen LogP contribution in [0.15, 0.2) is 18.6 Å². The molecule has 1 atom stereocenters. The molecule has 1 aromatic rings. The van der Waals surface area contributed by atoms with E-state index in [1.54, 1.807) is 24.2 Å². The number of aliphatic hydroxyl groups excluding tert-OH is 1. The number of nitrogens with one attached hydrogen (secondary N) is 1. The lowest BCUT2D eigenvalue weighted by Gasteiger charge is -2.11. The zero-order valence-electron chi connectivity index (χ0n) is 9.21. The molecule has 0 saturated carbocycles. The number of nitrogens with zero attached hydrogens (tertiary/aromatic N) is 3. The summed E-state index contributed by atoms with van der Waals surface area (Å²) < 4.78 is 6.56. The monoisotopic (exact) mass is 227 g/mol. The van der Waals surface area contributed by atoms with Crippen molar-refractivity contribution in [1.29, 1.82) is 0 Å². The number of methoxy groups -OCH3 is 1. The molecule has 0 bridgehead atoms. The van der Waals surface area contributed by atoms with Crippen molar-refractivity contribution >= 4 is 0 Å². The van der Waals surface area contributed by atoms with Crippen LogP contribution in [-0.2, 0) is 11.3 Å². The molecule has 0 fully saturated rings. The van der Waals surface area contributed by atoms with Crippen LogP contribution in [0.4, 0.5) is 0 Å². The van der Waals surface area contributed by atoms with E-state index in [-0.39, 0.29) is 12.6 Å². The summed E-state index contributed by atoms with van der Waals surface area (Å²) in [5, 5.41) is 19.9. The summed E-state index contributed by atoms with van der Waals surface area (Å²) in [7, 11) is 1.58. The molecule has 7 nitrogen and oxygen atoms in total. The number of aliphatic hydroxyl groups is 1. The first-order valence-electron chi connectivity index (χ1n) is 4.92. The van der Waals surface area contributed by atoms with Crippen LogP contribution in [0.25, 0.3) is 0 Å². The first-order valence-corrected chi connectivity index (χ1v) is 4.92. The maximum atomic E-state index is 9.12. The zero-order chi connectivity index (χ0) is 11.8. The Bertz CT molecular complexity index is 325. The van der Waals surface area contributed by atoms with E-state index in [0.717, 1.165) is 5.69 Å². The van der Waals surface area contributed by atoms with Gasteiger partial charge in [0.25, 0.3) is 0 Å². The van der Waals surface area contributed by atoms with Crippen molar-refractivity contribution in [2.24, 2.45) is 5.73 Å². The summed E-state index contributed by atoms with van der Waals surface area (Å²) in [4.78, 5) is 0. The summed E-state index contributed by atoms with van der Waals surface area (Å²) in [5.74, 6) is 0. The third kappa shape index (κ3) is 3.52. The highest BCUT2D eigenvalue weighted by Gasteiger charge is 2.11. The second-order valence-corrected chi connectivity index (χ2v) is 3.22. The predicted molar refractivity (Wildman–Crippen MR) is 58.2 cm³/mol. The first-order chi connectivity index (χ1) is 7.81. The fraction of sp³-hybridized carbons (Fsp3) is 0.556. The number of hydrogen-bond donors (Lipinski definition) is 3. The van der Waals surface area contributed by atoms with Crippen molar-refractivity contribution in [3.05, 3.63) is 24.3 Å². The van der Waals surface area contributed by atoms with Gasteiger partial charge < -0.3 is 20.9 Å². The van der Waals surface area contributed by atoms with Gasteiger partial charge in [0.15, 0.2) is 0 Å². The van der Waals surface area contributed by atoms with Crippen molar-refractivity contribution < 1.29 is 9.84 Å². The van der Waals surface area contributed by atoms with E-state index in [9.17, 15) is 0 Å². The number of nitrogens with two attached hydrogens (primary N) is 1. The molecule has 0 aliphatic heterocycles. The van der Waals surface area contributed by atoms with Crippen LogP contribution in [0.3, 0.4) is 0 Å². The summed E-state index contributed by atoms with van der Waals surface area (Å²) in [6, 6.07) is -0.198. The van der Waals surface area contributed by atoms with Gasteiger partial charge in [-0.25, -0.2) is 4.68 Å². The van der Waals surface area contributed by atoms with Crippen molar-refractivity contribution in [1.82, 2.24) is 20.3 Å². The standard InChI is InChI=1S/C9H17N5O2/c1-16-7-9(6-15)14-5-8(12-13-14)4-11-3-2-10/h2-3,5,9,11,15H,4,6-7,10H2,1H3/b3-2-. The highest BCUT2D eigenvalue weighted by Crippen LogP contribution is 2.04. The number of ether oxygens (including phenoxy) is 1. The Balaban J connectivity index is 2.55. The van der Waals surface area contributed by atoms with Crippen LogP contribution in [-0.4, -0.2) is 40.4 Å². The van der Waals surface area contributed by atoms with Crippen LogP contribution in [0, 0.1) is 0 Å². The third-order valence-electron chi connectivity index (χ3n) is 2.00. The molecule has 0 amide bonds. The minimum atomic E-state index is -0.198. The average Bonchev–Trinajstić information content (AvgIpc) is 2.75. The Morgan fingerprint density at radius 2 is 2.56 bits per heavy atom. The van der Waals surface area contributed by atoms with E-state index in [1.165, 1.54) is 6.20 Å². The van der Waals surface area contributed by atoms with Gasteiger partial charge in [-0.3, -0.25) is 0 Å². The van der Waals surface area contributed by atoms with Crippen LogP contribution in [0.1, 0.15) is 11.7 Å². The summed E-state index contributed by atoms with van der Waals surface area (Å²) in [6.45, 7) is 0.904. The number of rotatable bonds is 7. The van der Waals surface area contributed by atoms with E-state index in [2.05, 4.69) is 15.6 Å². The summed E-state index contributed by atoms with van der Waals surface area (Å²) in [5.41, 5.74) is 5.94. The molecule has 90 valence electrons. The second kappa shape index (κ2) is 6.81. The maximum absolute atomic E-state index is 9.12. The largest absolute Gasteiger partial charge is 0.403 e. The van der Waals surface area contributed by atoms with E-state index in [1.807, 2.05) is 0 Å². The lowest BCUT2D eigenvalue weighted by molar-refractivity contribution is 0.107. The fourth-order valence-electron chi connectivity index (χ4n) is 1.21. The van der Waals surface area contributed by atoms with Crippen molar-refractivity contribution in [3.8, 4) is 0 Å². The molecule has 1 rings (SSSR count). The molecule has 0 saturated heterocycles. The van der Waals surface area contributed by atoms with Crippen LogP contribution < -0.4 is 11.1 Å². The third-order valence-corrected chi connectivity index (χ3v) is 2.00. The minimum absolute atomic E-state index is 0.0349. The Morgan fingerprint density at radius 3 is 3.19 bits per heavy atom. The maximum Gasteiger partial charge on any atom is 0.102 e. The molecule has 16 heavy (non-hydrogen) atoms. The molecular formula is C9H17N5O2. The highest BCUT2D eigenvalue weighted by atomic mass is 16.5. The van der Waals surface area contributed by atoms with Gasteiger partial charge in [0.1, 0.15) is 5.69 Å². The van der Waals surface area contributed by atoms with E-state index in [4.69, 9.17) is 15.6 Å². The van der Waals surface area contributed by atoms with Gasteiger partial charge in [0, 0.05) is 19.5 Å². The Morgan fingerprint density at radius 1 is 1.75 bits per heavy atom. The van der Waals surface area contributed by atoms with Gasteiger partial charge in [-0.15, -0.1) is 5.10 Å². The fourth-order valence-corrected chi connectivity index (χ4v) is 1.21. The van der Waals surface area contributed by atoms with Crippen LogP contribution >= 0.6 is 0 Å².